The zero-order valence-corrected chi connectivity index (χ0v) is 11.3. The van der Waals surface area contributed by atoms with Crippen LogP contribution in [0.4, 0.5) is 4.79 Å². The number of hydrogen-bond acceptors (Lipinski definition) is 3. The van der Waals surface area contributed by atoms with Crippen LogP contribution >= 0.6 is 12.6 Å². The van der Waals surface area contributed by atoms with Crippen molar-refractivity contribution in [2.24, 2.45) is 0 Å². The molecule has 3 amide bonds. The third-order valence-corrected chi connectivity index (χ3v) is 2.63. The van der Waals surface area contributed by atoms with Crippen LogP contribution in [0.1, 0.15) is 10.4 Å². The van der Waals surface area contributed by atoms with Crippen LogP contribution in [0.25, 0.3) is 0 Å². The number of benzene rings is 1. The SMILES string of the molecule is CN(C)C(=O)NCCNC(=O)c1ccccc1S. The Morgan fingerprint density at radius 3 is 2.39 bits per heavy atom. The van der Waals surface area contributed by atoms with E-state index in [9.17, 15) is 9.59 Å². The van der Waals surface area contributed by atoms with Gasteiger partial charge in [-0.25, -0.2) is 4.79 Å². The van der Waals surface area contributed by atoms with Crippen molar-refractivity contribution < 1.29 is 9.59 Å². The van der Waals surface area contributed by atoms with E-state index in [0.717, 1.165) is 0 Å². The summed E-state index contributed by atoms with van der Waals surface area (Å²) in [7, 11) is 3.32. The fraction of sp³-hybridized carbons (Fsp3) is 0.333. The molecule has 18 heavy (non-hydrogen) atoms. The van der Waals surface area contributed by atoms with Gasteiger partial charge < -0.3 is 15.5 Å². The summed E-state index contributed by atoms with van der Waals surface area (Å²) in [4.78, 5) is 25.0. The van der Waals surface area contributed by atoms with E-state index in [4.69, 9.17) is 0 Å². The van der Waals surface area contributed by atoms with Crippen molar-refractivity contribution >= 4 is 24.6 Å². The molecule has 0 unspecified atom stereocenters. The standard InChI is InChI=1S/C12H17N3O2S/c1-15(2)12(17)14-8-7-13-11(16)9-5-3-4-6-10(9)18/h3-6,18H,7-8H2,1-2H3,(H,13,16)(H,14,17). The number of nitrogens with one attached hydrogen (secondary N) is 2. The molecule has 98 valence electrons. The first-order chi connectivity index (χ1) is 8.52. The molecule has 6 heteroatoms. The molecule has 0 saturated carbocycles. The smallest absolute Gasteiger partial charge is 0.316 e. The molecule has 1 aromatic rings. The number of carbonyl (C=O) groups excluding carboxylic acids is 2. The third kappa shape index (κ3) is 4.29. The van der Waals surface area contributed by atoms with Crippen LogP contribution in [0.2, 0.25) is 0 Å². The van der Waals surface area contributed by atoms with Crippen LogP contribution < -0.4 is 10.6 Å². The lowest BCUT2D eigenvalue weighted by atomic mass is 10.2. The first-order valence-corrected chi connectivity index (χ1v) is 5.98. The number of thiol groups is 1. The summed E-state index contributed by atoms with van der Waals surface area (Å²) in [5.41, 5.74) is 0.528. The van der Waals surface area contributed by atoms with E-state index in [0.29, 0.717) is 23.5 Å². The molecule has 1 rings (SSSR count). The molecular weight excluding hydrogens is 250 g/mol. The van der Waals surface area contributed by atoms with Gasteiger partial charge in [-0.3, -0.25) is 4.79 Å². The average Bonchev–Trinajstić information content (AvgIpc) is 2.34. The Morgan fingerprint density at radius 1 is 1.17 bits per heavy atom. The van der Waals surface area contributed by atoms with Crippen molar-refractivity contribution in [3.63, 3.8) is 0 Å². The highest BCUT2D eigenvalue weighted by Gasteiger charge is 2.08. The molecule has 2 N–H and O–H groups in total. The van der Waals surface area contributed by atoms with Crippen LogP contribution in [0, 0.1) is 0 Å². The normalized spacial score (nSPS) is 9.72. The molecule has 0 aliphatic rings. The molecule has 0 spiro atoms. The van der Waals surface area contributed by atoms with Gasteiger partial charge in [-0.05, 0) is 12.1 Å². The number of hydrogen-bond donors (Lipinski definition) is 3. The van der Waals surface area contributed by atoms with Crippen molar-refractivity contribution in [1.29, 1.82) is 0 Å². The molecule has 0 aliphatic carbocycles. The second kappa shape index (κ2) is 6.90. The van der Waals surface area contributed by atoms with Gasteiger partial charge in [0, 0.05) is 32.1 Å². The van der Waals surface area contributed by atoms with Gasteiger partial charge in [0.05, 0.1) is 5.56 Å². The predicted octanol–water partition coefficient (Wildman–Crippen LogP) is 0.976. The summed E-state index contributed by atoms with van der Waals surface area (Å²) in [6, 6.07) is 6.87. The summed E-state index contributed by atoms with van der Waals surface area (Å²) in [6.07, 6.45) is 0. The predicted molar refractivity (Wildman–Crippen MR) is 73.1 cm³/mol. The maximum atomic E-state index is 11.8. The van der Waals surface area contributed by atoms with E-state index in [1.165, 1.54) is 4.90 Å². The monoisotopic (exact) mass is 267 g/mol. The number of nitrogens with zero attached hydrogens (tertiary/aromatic N) is 1. The summed E-state index contributed by atoms with van der Waals surface area (Å²) in [5.74, 6) is -0.195. The summed E-state index contributed by atoms with van der Waals surface area (Å²) < 4.78 is 0. The number of urea groups is 1. The minimum atomic E-state index is -0.195. The minimum absolute atomic E-state index is 0.182. The lowest BCUT2D eigenvalue weighted by Gasteiger charge is -2.12. The van der Waals surface area contributed by atoms with Crippen LogP contribution in [-0.4, -0.2) is 44.0 Å². The zero-order valence-electron chi connectivity index (χ0n) is 10.4. The second-order valence-electron chi connectivity index (χ2n) is 3.90. The molecule has 0 bridgehead atoms. The molecule has 0 atom stereocenters. The van der Waals surface area contributed by atoms with Crippen LogP contribution in [-0.2, 0) is 0 Å². The molecule has 1 aromatic carbocycles. The molecule has 0 radical (unpaired) electrons. The fourth-order valence-electron chi connectivity index (χ4n) is 1.26. The molecular formula is C12H17N3O2S. The Balaban J connectivity index is 2.35. The van der Waals surface area contributed by atoms with Gasteiger partial charge in [-0.15, -0.1) is 12.6 Å². The molecule has 0 aliphatic heterocycles. The Kier molecular flexibility index (Phi) is 5.51. The van der Waals surface area contributed by atoms with Gasteiger partial charge in [0.25, 0.3) is 5.91 Å². The third-order valence-electron chi connectivity index (χ3n) is 2.24. The average molecular weight is 267 g/mol. The Morgan fingerprint density at radius 2 is 1.78 bits per heavy atom. The number of rotatable bonds is 4. The maximum absolute atomic E-state index is 11.8. The lowest BCUT2D eigenvalue weighted by Crippen LogP contribution is -2.39. The number of amides is 3. The van der Waals surface area contributed by atoms with Crippen molar-refractivity contribution in [3.05, 3.63) is 29.8 Å². The Hall–Kier alpha value is -1.69. The van der Waals surface area contributed by atoms with E-state index < -0.39 is 0 Å². The van der Waals surface area contributed by atoms with Crippen molar-refractivity contribution in [2.75, 3.05) is 27.2 Å². The zero-order chi connectivity index (χ0) is 13.5. The van der Waals surface area contributed by atoms with E-state index in [-0.39, 0.29) is 11.9 Å². The van der Waals surface area contributed by atoms with Gasteiger partial charge in [0.2, 0.25) is 0 Å². The molecule has 0 heterocycles. The number of carbonyl (C=O) groups is 2. The highest BCUT2D eigenvalue weighted by atomic mass is 32.1. The summed E-state index contributed by atoms with van der Waals surface area (Å²) >= 11 is 4.20. The second-order valence-corrected chi connectivity index (χ2v) is 4.38. The topological polar surface area (TPSA) is 61.4 Å². The molecule has 0 saturated heterocycles. The summed E-state index contributed by atoms with van der Waals surface area (Å²) in [6.45, 7) is 0.762. The Labute approximate surface area is 112 Å². The quantitative estimate of drug-likeness (QED) is 0.562. The first-order valence-electron chi connectivity index (χ1n) is 5.53. The minimum Gasteiger partial charge on any atom is -0.350 e. The first kappa shape index (κ1) is 14.4. The Bertz CT molecular complexity index is 435. The summed E-state index contributed by atoms with van der Waals surface area (Å²) in [5, 5.41) is 5.37. The van der Waals surface area contributed by atoms with Gasteiger partial charge in [0.15, 0.2) is 0 Å². The molecule has 0 aromatic heterocycles. The van der Waals surface area contributed by atoms with Crippen LogP contribution in [0.3, 0.4) is 0 Å². The van der Waals surface area contributed by atoms with E-state index in [1.807, 2.05) is 6.07 Å². The van der Waals surface area contributed by atoms with Gasteiger partial charge in [-0.1, -0.05) is 12.1 Å². The van der Waals surface area contributed by atoms with Crippen LogP contribution in [0.5, 0.6) is 0 Å². The van der Waals surface area contributed by atoms with E-state index in [2.05, 4.69) is 23.3 Å². The highest BCUT2D eigenvalue weighted by Crippen LogP contribution is 2.12. The maximum Gasteiger partial charge on any atom is 0.316 e. The van der Waals surface area contributed by atoms with Gasteiger partial charge in [0.1, 0.15) is 0 Å². The largest absolute Gasteiger partial charge is 0.350 e. The molecule has 0 fully saturated rings. The van der Waals surface area contributed by atoms with Crippen LogP contribution in [0.15, 0.2) is 29.2 Å². The highest BCUT2D eigenvalue weighted by molar-refractivity contribution is 7.80. The van der Waals surface area contributed by atoms with E-state index >= 15 is 0 Å². The van der Waals surface area contributed by atoms with Crippen molar-refractivity contribution in [2.45, 2.75) is 4.90 Å². The van der Waals surface area contributed by atoms with Gasteiger partial charge in [-0.2, -0.15) is 0 Å². The lowest BCUT2D eigenvalue weighted by molar-refractivity contribution is 0.0951. The van der Waals surface area contributed by atoms with E-state index in [1.54, 1.807) is 32.3 Å². The van der Waals surface area contributed by atoms with Gasteiger partial charge >= 0.3 is 6.03 Å². The molecule has 5 nitrogen and oxygen atoms in total. The fourth-order valence-corrected chi connectivity index (χ4v) is 1.53. The van der Waals surface area contributed by atoms with Crippen molar-refractivity contribution in [3.8, 4) is 0 Å². The van der Waals surface area contributed by atoms with Crippen molar-refractivity contribution in [1.82, 2.24) is 15.5 Å².